The second kappa shape index (κ2) is 10.4. The lowest BCUT2D eigenvalue weighted by Crippen LogP contribution is -2.29. The molecule has 0 aliphatic carbocycles. The van der Waals surface area contributed by atoms with Crippen LogP contribution in [0.1, 0.15) is 64.2 Å². The van der Waals surface area contributed by atoms with Crippen molar-refractivity contribution in [2.75, 3.05) is 6.61 Å². The van der Waals surface area contributed by atoms with Gasteiger partial charge in [-0.3, -0.25) is 4.79 Å². The molecular formula is C25H30ClF3O5S. The molecule has 35 heavy (non-hydrogen) atoms. The van der Waals surface area contributed by atoms with Gasteiger partial charge in [-0.1, -0.05) is 64.4 Å². The average molecular weight is 535 g/mol. The van der Waals surface area contributed by atoms with Crippen LogP contribution >= 0.6 is 11.6 Å². The Morgan fingerprint density at radius 2 is 1.46 bits per heavy atom. The Kier molecular flexibility index (Phi) is 8.60. The van der Waals surface area contributed by atoms with Crippen molar-refractivity contribution >= 4 is 27.5 Å². The fourth-order valence-corrected chi connectivity index (χ4v) is 4.47. The molecule has 0 aliphatic rings. The first-order valence-corrected chi connectivity index (χ1v) is 12.8. The smallest absolute Gasteiger partial charge is 0.484 e. The Bertz CT molecular complexity index is 1180. The molecule has 0 amide bonds. The van der Waals surface area contributed by atoms with E-state index >= 15 is 0 Å². The molecule has 0 saturated carbocycles. The Morgan fingerprint density at radius 1 is 0.943 bits per heavy atom. The summed E-state index contributed by atoms with van der Waals surface area (Å²) in [4.78, 5) is 12.2. The van der Waals surface area contributed by atoms with Crippen LogP contribution in [0.3, 0.4) is 0 Å². The van der Waals surface area contributed by atoms with Crippen molar-refractivity contribution in [1.82, 2.24) is 0 Å². The molecule has 0 saturated heterocycles. The number of halogens is 4. The molecule has 0 unspecified atom stereocenters. The SMILES string of the molecule is CCC(CC)(c1ccc(OS(=O)(=O)C(F)(F)F)c(C)c1)c1ccc(OCC(=O)C(C)(C)C)c(Cl)c1. The van der Waals surface area contributed by atoms with Crippen LogP contribution in [0.4, 0.5) is 13.2 Å². The van der Waals surface area contributed by atoms with Crippen molar-refractivity contribution in [2.24, 2.45) is 5.41 Å². The minimum absolute atomic E-state index is 0.0700. The van der Waals surface area contributed by atoms with Crippen LogP contribution < -0.4 is 8.92 Å². The highest BCUT2D eigenvalue weighted by Gasteiger charge is 2.48. The van der Waals surface area contributed by atoms with Crippen LogP contribution in [0, 0.1) is 12.3 Å². The Labute approximate surface area is 209 Å². The fraction of sp³-hybridized carbons (Fsp3) is 0.480. The Hall–Kier alpha value is -2.26. The van der Waals surface area contributed by atoms with Gasteiger partial charge in [-0.05, 0) is 54.7 Å². The Morgan fingerprint density at radius 3 is 1.89 bits per heavy atom. The predicted octanol–water partition coefficient (Wildman–Crippen LogP) is 6.98. The molecule has 0 aliphatic heterocycles. The van der Waals surface area contributed by atoms with E-state index < -0.39 is 32.2 Å². The number of ether oxygens (including phenoxy) is 1. The molecule has 0 N–H and O–H groups in total. The third-order valence-electron chi connectivity index (χ3n) is 6.10. The average Bonchev–Trinajstić information content (AvgIpc) is 2.74. The lowest BCUT2D eigenvalue weighted by molar-refractivity contribution is -0.128. The molecule has 0 spiro atoms. The number of alkyl halides is 3. The first-order chi connectivity index (χ1) is 16.0. The van der Waals surface area contributed by atoms with Gasteiger partial charge in [-0.25, -0.2) is 0 Å². The number of benzene rings is 2. The molecule has 0 atom stereocenters. The van der Waals surface area contributed by atoms with Gasteiger partial charge in [0.15, 0.2) is 5.78 Å². The molecule has 0 aromatic heterocycles. The molecule has 2 aromatic rings. The molecule has 2 aromatic carbocycles. The van der Waals surface area contributed by atoms with E-state index in [1.54, 1.807) is 45.0 Å². The van der Waals surface area contributed by atoms with E-state index in [0.29, 0.717) is 23.6 Å². The van der Waals surface area contributed by atoms with Crippen molar-refractivity contribution in [2.45, 2.75) is 65.3 Å². The number of hydrogen-bond acceptors (Lipinski definition) is 5. The zero-order valence-corrected chi connectivity index (χ0v) is 22.1. The number of carbonyl (C=O) groups is 1. The predicted molar refractivity (Wildman–Crippen MR) is 130 cm³/mol. The van der Waals surface area contributed by atoms with E-state index in [9.17, 15) is 26.4 Å². The molecule has 0 heterocycles. The van der Waals surface area contributed by atoms with Crippen molar-refractivity contribution < 1.29 is 35.3 Å². The minimum atomic E-state index is -5.77. The van der Waals surface area contributed by atoms with Crippen LogP contribution in [0.25, 0.3) is 0 Å². The summed E-state index contributed by atoms with van der Waals surface area (Å²) in [5.41, 5.74) is -4.77. The summed E-state index contributed by atoms with van der Waals surface area (Å²) in [5, 5.41) is 0.323. The van der Waals surface area contributed by atoms with Crippen LogP contribution in [0.2, 0.25) is 5.02 Å². The lowest BCUT2D eigenvalue weighted by atomic mass is 9.70. The van der Waals surface area contributed by atoms with Gasteiger partial charge in [0, 0.05) is 10.8 Å². The number of ketones is 1. The zero-order chi connectivity index (χ0) is 26.8. The second-order valence-electron chi connectivity index (χ2n) is 9.36. The standard InChI is InChI=1S/C25H30ClF3O5S/c1-7-24(8-2,17-9-11-20(16(3)13-17)34-35(31,32)25(27,28)29)18-10-12-21(19(26)14-18)33-15-22(30)23(4,5)6/h9-14H,7-8,15H2,1-6H3. The molecule has 10 heteroatoms. The van der Waals surface area contributed by atoms with Crippen LogP contribution in [-0.2, 0) is 20.3 Å². The summed E-state index contributed by atoms with van der Waals surface area (Å²) in [6.45, 7) is 10.7. The molecule has 0 radical (unpaired) electrons. The number of carbonyl (C=O) groups excluding carboxylic acids is 1. The van der Waals surface area contributed by atoms with Crippen molar-refractivity contribution in [3.63, 3.8) is 0 Å². The largest absolute Gasteiger partial charge is 0.534 e. The van der Waals surface area contributed by atoms with Crippen LogP contribution in [-0.4, -0.2) is 26.3 Å². The molecule has 194 valence electrons. The topological polar surface area (TPSA) is 69.7 Å². The van der Waals surface area contributed by atoms with Gasteiger partial charge < -0.3 is 8.92 Å². The molecule has 0 fully saturated rings. The lowest BCUT2D eigenvalue weighted by Gasteiger charge is -2.34. The van der Waals surface area contributed by atoms with Crippen LogP contribution in [0.15, 0.2) is 36.4 Å². The number of Topliss-reactive ketones (excluding diaryl/α,β-unsaturated/α-hetero) is 1. The number of aryl methyl sites for hydroxylation is 1. The number of hydrogen-bond donors (Lipinski definition) is 0. The van der Waals surface area contributed by atoms with E-state index in [-0.39, 0.29) is 18.0 Å². The molecular weight excluding hydrogens is 505 g/mol. The van der Waals surface area contributed by atoms with Gasteiger partial charge in [0.2, 0.25) is 0 Å². The van der Waals surface area contributed by atoms with E-state index in [2.05, 4.69) is 4.18 Å². The summed E-state index contributed by atoms with van der Waals surface area (Å²) < 4.78 is 70.9. The van der Waals surface area contributed by atoms with Gasteiger partial charge in [0.05, 0.1) is 5.02 Å². The highest BCUT2D eigenvalue weighted by atomic mass is 35.5. The minimum Gasteiger partial charge on any atom is -0.484 e. The van der Waals surface area contributed by atoms with Crippen molar-refractivity contribution in [3.8, 4) is 11.5 Å². The first-order valence-electron chi connectivity index (χ1n) is 11.1. The van der Waals surface area contributed by atoms with Gasteiger partial charge in [-0.15, -0.1) is 0 Å². The maximum atomic E-state index is 12.7. The van der Waals surface area contributed by atoms with Crippen molar-refractivity contribution in [1.29, 1.82) is 0 Å². The molecule has 5 nitrogen and oxygen atoms in total. The first kappa shape index (κ1) is 29.0. The van der Waals surface area contributed by atoms with Gasteiger partial charge >= 0.3 is 15.6 Å². The van der Waals surface area contributed by atoms with E-state index in [4.69, 9.17) is 16.3 Å². The van der Waals surface area contributed by atoms with Crippen molar-refractivity contribution in [3.05, 3.63) is 58.1 Å². The zero-order valence-electron chi connectivity index (χ0n) is 20.5. The maximum Gasteiger partial charge on any atom is 0.534 e. The maximum absolute atomic E-state index is 12.7. The summed E-state index contributed by atoms with van der Waals surface area (Å²) in [6, 6.07) is 9.68. The van der Waals surface area contributed by atoms with Gasteiger partial charge in [0.1, 0.15) is 18.1 Å². The van der Waals surface area contributed by atoms with Gasteiger partial charge in [0.25, 0.3) is 0 Å². The summed E-state index contributed by atoms with van der Waals surface area (Å²) >= 11 is 6.48. The monoisotopic (exact) mass is 534 g/mol. The fourth-order valence-electron chi connectivity index (χ4n) is 3.71. The van der Waals surface area contributed by atoms with E-state index in [1.165, 1.54) is 13.0 Å². The molecule has 2 rings (SSSR count). The Balaban J connectivity index is 2.41. The van der Waals surface area contributed by atoms with E-state index in [0.717, 1.165) is 11.1 Å². The summed E-state index contributed by atoms with van der Waals surface area (Å²) in [7, 11) is -5.77. The van der Waals surface area contributed by atoms with Crippen LogP contribution in [0.5, 0.6) is 11.5 Å². The summed E-state index contributed by atoms with van der Waals surface area (Å²) in [6.07, 6.45) is 1.26. The highest BCUT2D eigenvalue weighted by Crippen LogP contribution is 2.43. The quantitative estimate of drug-likeness (QED) is 0.256. The normalized spacial score (nSPS) is 13.0. The summed E-state index contributed by atoms with van der Waals surface area (Å²) in [5.74, 6) is -0.0942. The third kappa shape index (κ3) is 6.30. The van der Waals surface area contributed by atoms with Gasteiger partial charge in [-0.2, -0.15) is 21.6 Å². The highest BCUT2D eigenvalue weighted by molar-refractivity contribution is 7.88. The second-order valence-corrected chi connectivity index (χ2v) is 11.3. The number of rotatable bonds is 9. The van der Waals surface area contributed by atoms with E-state index in [1.807, 2.05) is 19.9 Å². The molecule has 0 bridgehead atoms. The third-order valence-corrected chi connectivity index (χ3v) is 7.36.